The summed E-state index contributed by atoms with van der Waals surface area (Å²) in [5, 5.41) is 10.5. The molecule has 4 nitrogen and oxygen atoms in total. The molecular formula is C16H23N3O. The fourth-order valence-corrected chi connectivity index (χ4v) is 2.78. The number of nitrogen functional groups attached to an aromatic ring is 1. The van der Waals surface area contributed by atoms with Gasteiger partial charge in [0.05, 0.1) is 29.7 Å². The zero-order valence-corrected chi connectivity index (χ0v) is 12.2. The number of para-hydroxylation sites is 1. The molecule has 0 aliphatic carbocycles. The lowest BCUT2D eigenvalue weighted by Crippen LogP contribution is -2.37. The highest BCUT2D eigenvalue weighted by atomic mass is 16.3. The molecule has 2 aromatic rings. The van der Waals surface area contributed by atoms with Gasteiger partial charge in [-0.15, -0.1) is 0 Å². The Morgan fingerprint density at radius 2 is 1.95 bits per heavy atom. The number of anilines is 2. The monoisotopic (exact) mass is 273 g/mol. The number of aliphatic hydroxyl groups excluding tert-OH is 1. The van der Waals surface area contributed by atoms with E-state index < -0.39 is 0 Å². The number of hydrogen-bond donors (Lipinski definition) is 2. The number of pyridine rings is 1. The lowest BCUT2D eigenvalue weighted by atomic mass is 10.1. The molecule has 0 saturated carbocycles. The third-order valence-corrected chi connectivity index (χ3v) is 3.79. The molecule has 0 bridgehead atoms. The number of benzene rings is 1. The second-order valence-corrected chi connectivity index (χ2v) is 4.97. The number of aliphatic hydroxyl groups is 1. The van der Waals surface area contributed by atoms with E-state index in [0.29, 0.717) is 18.3 Å². The van der Waals surface area contributed by atoms with Gasteiger partial charge in [0, 0.05) is 18.0 Å². The maximum absolute atomic E-state index is 9.40. The van der Waals surface area contributed by atoms with E-state index in [1.54, 1.807) is 6.20 Å². The highest BCUT2D eigenvalue weighted by molar-refractivity contribution is 5.97. The second-order valence-electron chi connectivity index (χ2n) is 4.97. The first-order chi connectivity index (χ1) is 9.72. The molecule has 0 spiro atoms. The van der Waals surface area contributed by atoms with Crippen molar-refractivity contribution in [1.29, 1.82) is 0 Å². The second kappa shape index (κ2) is 6.57. The average Bonchev–Trinajstić information content (AvgIpc) is 2.48. The van der Waals surface area contributed by atoms with Gasteiger partial charge >= 0.3 is 0 Å². The Hall–Kier alpha value is -1.81. The lowest BCUT2D eigenvalue weighted by molar-refractivity contribution is 0.296. The molecule has 20 heavy (non-hydrogen) atoms. The van der Waals surface area contributed by atoms with Crippen molar-refractivity contribution in [1.82, 2.24) is 4.98 Å². The van der Waals surface area contributed by atoms with Crippen LogP contribution in [0.3, 0.4) is 0 Å². The van der Waals surface area contributed by atoms with Crippen molar-refractivity contribution in [3.8, 4) is 0 Å². The minimum Gasteiger partial charge on any atom is -0.396 e. The van der Waals surface area contributed by atoms with E-state index in [0.717, 1.165) is 29.4 Å². The van der Waals surface area contributed by atoms with Gasteiger partial charge in [0.1, 0.15) is 0 Å². The van der Waals surface area contributed by atoms with Crippen LogP contribution < -0.4 is 10.6 Å². The van der Waals surface area contributed by atoms with Crippen molar-refractivity contribution in [2.75, 3.05) is 23.8 Å². The van der Waals surface area contributed by atoms with Gasteiger partial charge in [-0.05, 0) is 18.9 Å². The average molecular weight is 273 g/mol. The number of fused-ring (bicyclic) bond motifs is 1. The van der Waals surface area contributed by atoms with Gasteiger partial charge in [-0.25, -0.2) is 0 Å². The van der Waals surface area contributed by atoms with Crippen LogP contribution in [0.2, 0.25) is 0 Å². The van der Waals surface area contributed by atoms with Gasteiger partial charge in [0.25, 0.3) is 0 Å². The summed E-state index contributed by atoms with van der Waals surface area (Å²) in [7, 11) is 0. The van der Waals surface area contributed by atoms with E-state index in [-0.39, 0.29) is 6.61 Å². The Morgan fingerprint density at radius 3 is 2.60 bits per heavy atom. The lowest BCUT2D eigenvalue weighted by Gasteiger charge is -2.33. The van der Waals surface area contributed by atoms with Gasteiger partial charge in [0.15, 0.2) is 0 Å². The van der Waals surface area contributed by atoms with Crippen molar-refractivity contribution < 1.29 is 5.11 Å². The van der Waals surface area contributed by atoms with E-state index >= 15 is 0 Å². The number of hydrogen-bond acceptors (Lipinski definition) is 4. The molecule has 1 heterocycles. The molecule has 0 amide bonds. The fraction of sp³-hybridized carbons (Fsp3) is 0.438. The number of nitrogens with zero attached hydrogens (tertiary/aromatic N) is 2. The van der Waals surface area contributed by atoms with Gasteiger partial charge in [-0.1, -0.05) is 32.0 Å². The van der Waals surface area contributed by atoms with Gasteiger partial charge in [0.2, 0.25) is 0 Å². The third kappa shape index (κ3) is 2.70. The third-order valence-electron chi connectivity index (χ3n) is 3.79. The smallest absolute Gasteiger partial charge is 0.0745 e. The van der Waals surface area contributed by atoms with Crippen molar-refractivity contribution in [2.24, 2.45) is 0 Å². The molecule has 1 aromatic carbocycles. The summed E-state index contributed by atoms with van der Waals surface area (Å²) in [6.45, 7) is 5.04. The summed E-state index contributed by atoms with van der Waals surface area (Å²) in [5.41, 5.74) is 8.78. The summed E-state index contributed by atoms with van der Waals surface area (Å²) in [6.07, 6.45) is 3.75. The largest absolute Gasteiger partial charge is 0.396 e. The Bertz CT molecular complexity index is 567. The van der Waals surface area contributed by atoms with E-state index in [1.807, 2.05) is 24.3 Å². The summed E-state index contributed by atoms with van der Waals surface area (Å²) in [4.78, 5) is 6.60. The fourth-order valence-electron chi connectivity index (χ4n) is 2.78. The Balaban J connectivity index is 2.59. The zero-order valence-electron chi connectivity index (χ0n) is 12.2. The van der Waals surface area contributed by atoms with E-state index in [1.165, 1.54) is 0 Å². The summed E-state index contributed by atoms with van der Waals surface area (Å²) < 4.78 is 0. The summed E-state index contributed by atoms with van der Waals surface area (Å²) in [5.74, 6) is 0. The number of nitrogens with two attached hydrogens (primary N) is 1. The Labute approximate surface area is 120 Å². The Morgan fingerprint density at radius 1 is 1.25 bits per heavy atom. The molecule has 0 atom stereocenters. The molecular weight excluding hydrogens is 250 g/mol. The summed E-state index contributed by atoms with van der Waals surface area (Å²) in [6, 6.07) is 8.37. The quantitative estimate of drug-likeness (QED) is 0.849. The van der Waals surface area contributed by atoms with Crippen LogP contribution in [0.25, 0.3) is 10.9 Å². The number of rotatable bonds is 6. The van der Waals surface area contributed by atoms with Crippen molar-refractivity contribution >= 4 is 22.3 Å². The van der Waals surface area contributed by atoms with Crippen molar-refractivity contribution in [2.45, 2.75) is 32.7 Å². The topological polar surface area (TPSA) is 62.4 Å². The molecule has 0 unspecified atom stereocenters. The normalized spacial score (nSPS) is 11.2. The summed E-state index contributed by atoms with van der Waals surface area (Å²) >= 11 is 0. The van der Waals surface area contributed by atoms with Crippen LogP contribution in [0.4, 0.5) is 11.4 Å². The Kier molecular flexibility index (Phi) is 4.79. The maximum Gasteiger partial charge on any atom is 0.0745 e. The van der Waals surface area contributed by atoms with Gasteiger partial charge < -0.3 is 15.7 Å². The molecule has 108 valence electrons. The molecule has 1 aromatic heterocycles. The molecule has 0 saturated heterocycles. The van der Waals surface area contributed by atoms with Crippen LogP contribution in [0, 0.1) is 0 Å². The molecule has 0 fully saturated rings. The standard InChI is InChI=1S/C16H23N3O/c1-3-12(4-2)19(9-10-20)16-13-7-5-6-8-15(13)18-11-14(16)17/h5-8,11-12,20H,3-4,9-10,17H2,1-2H3. The van der Waals surface area contributed by atoms with Crippen LogP contribution in [0.15, 0.2) is 30.5 Å². The predicted molar refractivity (Wildman–Crippen MR) is 85.0 cm³/mol. The van der Waals surface area contributed by atoms with Crippen LogP contribution >= 0.6 is 0 Å². The molecule has 0 aliphatic rings. The van der Waals surface area contributed by atoms with Crippen LogP contribution in [-0.4, -0.2) is 29.3 Å². The molecule has 2 rings (SSSR count). The van der Waals surface area contributed by atoms with E-state index in [9.17, 15) is 5.11 Å². The minimum absolute atomic E-state index is 0.118. The maximum atomic E-state index is 9.40. The van der Waals surface area contributed by atoms with E-state index in [4.69, 9.17) is 5.73 Å². The zero-order chi connectivity index (χ0) is 14.5. The highest BCUT2D eigenvalue weighted by Crippen LogP contribution is 2.33. The van der Waals surface area contributed by atoms with Crippen molar-refractivity contribution in [3.63, 3.8) is 0 Å². The molecule has 4 heteroatoms. The van der Waals surface area contributed by atoms with E-state index in [2.05, 4.69) is 23.7 Å². The van der Waals surface area contributed by atoms with Gasteiger partial charge in [-0.2, -0.15) is 0 Å². The molecule has 0 radical (unpaired) electrons. The highest BCUT2D eigenvalue weighted by Gasteiger charge is 2.20. The first kappa shape index (κ1) is 14.6. The minimum atomic E-state index is 0.118. The number of aromatic nitrogens is 1. The molecule has 3 N–H and O–H groups in total. The van der Waals surface area contributed by atoms with Crippen molar-refractivity contribution in [3.05, 3.63) is 30.5 Å². The molecule has 0 aliphatic heterocycles. The first-order valence-electron chi connectivity index (χ1n) is 7.23. The van der Waals surface area contributed by atoms with Crippen LogP contribution in [0.5, 0.6) is 0 Å². The first-order valence-corrected chi connectivity index (χ1v) is 7.23. The van der Waals surface area contributed by atoms with Gasteiger partial charge in [-0.3, -0.25) is 4.98 Å². The predicted octanol–water partition coefficient (Wildman–Crippen LogP) is 2.80. The SMILES string of the molecule is CCC(CC)N(CCO)c1c(N)cnc2ccccc12. The van der Waals surface area contributed by atoms with Crippen LogP contribution in [0.1, 0.15) is 26.7 Å². The van der Waals surface area contributed by atoms with Crippen LogP contribution in [-0.2, 0) is 0 Å².